The van der Waals surface area contributed by atoms with E-state index in [-0.39, 0.29) is 35.8 Å². The summed E-state index contributed by atoms with van der Waals surface area (Å²) < 4.78 is 17.2. The number of amides is 1. The molecule has 0 spiro atoms. The van der Waals surface area contributed by atoms with Crippen molar-refractivity contribution in [1.82, 2.24) is 5.32 Å². The summed E-state index contributed by atoms with van der Waals surface area (Å²) in [7, 11) is 0. The van der Waals surface area contributed by atoms with Crippen LogP contribution in [-0.2, 0) is 9.53 Å². The molecule has 216 valence electrons. The number of nitrogens with one attached hydrogen (secondary N) is 1. The van der Waals surface area contributed by atoms with E-state index < -0.39 is 0 Å². The molecule has 0 saturated heterocycles. The van der Waals surface area contributed by atoms with Crippen LogP contribution in [0.25, 0.3) is 0 Å². The summed E-state index contributed by atoms with van der Waals surface area (Å²) in [5.41, 5.74) is 2.25. The van der Waals surface area contributed by atoms with Crippen LogP contribution in [0.2, 0.25) is 0 Å². The molecule has 3 aromatic carbocycles. The number of rotatable bonds is 13. The van der Waals surface area contributed by atoms with Crippen molar-refractivity contribution < 1.29 is 28.6 Å². The van der Waals surface area contributed by atoms with Crippen molar-refractivity contribution in [2.24, 2.45) is 5.92 Å². The average molecular weight is 558 g/mol. The highest BCUT2D eigenvalue weighted by molar-refractivity contribution is 5.96. The van der Waals surface area contributed by atoms with E-state index in [4.69, 9.17) is 14.2 Å². The van der Waals surface area contributed by atoms with Crippen LogP contribution < -0.4 is 14.8 Å². The fraction of sp³-hybridized carbons (Fsp3) is 0.382. The summed E-state index contributed by atoms with van der Waals surface area (Å²) in [5.74, 6) is 1.11. The van der Waals surface area contributed by atoms with E-state index in [0.717, 1.165) is 37.0 Å². The Labute approximate surface area is 242 Å². The summed E-state index contributed by atoms with van der Waals surface area (Å²) in [5, 5.41) is 2.88. The Morgan fingerprint density at radius 1 is 0.829 bits per heavy atom. The molecular formula is C34H39NO6. The van der Waals surface area contributed by atoms with Crippen molar-refractivity contribution >= 4 is 17.7 Å². The summed E-state index contributed by atoms with van der Waals surface area (Å²) in [4.78, 5) is 37.1. The highest BCUT2D eigenvalue weighted by Gasteiger charge is 2.28. The van der Waals surface area contributed by atoms with E-state index >= 15 is 0 Å². The smallest absolute Gasteiger partial charge is 0.308 e. The number of ether oxygens (including phenoxy) is 3. The molecule has 1 saturated carbocycles. The molecule has 3 aromatic rings. The number of Topliss-reactive ketones (excluding diaryl/α,β-unsaturated/α-hetero) is 1. The molecule has 4 rings (SSSR count). The fourth-order valence-corrected chi connectivity index (χ4v) is 4.97. The van der Waals surface area contributed by atoms with E-state index in [9.17, 15) is 14.4 Å². The van der Waals surface area contributed by atoms with Gasteiger partial charge in [-0.1, -0.05) is 30.3 Å². The molecule has 0 aromatic heterocycles. The summed E-state index contributed by atoms with van der Waals surface area (Å²) in [6.45, 7) is 4.63. The molecule has 1 atom stereocenters. The number of benzene rings is 3. The average Bonchev–Trinajstić information content (AvgIpc) is 3.00. The first-order valence-electron chi connectivity index (χ1n) is 14.5. The molecule has 1 amide bonds. The lowest BCUT2D eigenvalue weighted by Crippen LogP contribution is -2.29. The molecular weight excluding hydrogens is 518 g/mol. The lowest BCUT2D eigenvalue weighted by Gasteiger charge is -2.27. The molecule has 1 aliphatic carbocycles. The zero-order valence-corrected chi connectivity index (χ0v) is 23.8. The van der Waals surface area contributed by atoms with Gasteiger partial charge >= 0.3 is 5.97 Å². The molecule has 1 fully saturated rings. The topological polar surface area (TPSA) is 90.9 Å². The van der Waals surface area contributed by atoms with Crippen molar-refractivity contribution in [1.29, 1.82) is 0 Å². The first kappa shape index (κ1) is 29.8. The number of hydrogen-bond donors (Lipinski definition) is 1. The lowest BCUT2D eigenvalue weighted by atomic mass is 9.87. The highest BCUT2D eigenvalue weighted by atomic mass is 16.5. The molecule has 0 aliphatic heterocycles. The Kier molecular flexibility index (Phi) is 10.9. The van der Waals surface area contributed by atoms with Crippen LogP contribution in [0, 0.1) is 5.92 Å². The van der Waals surface area contributed by atoms with E-state index in [1.165, 1.54) is 0 Å². The number of hydrogen-bond acceptors (Lipinski definition) is 6. The SMILES string of the molecule is CCOC(=O)C1CCC(Oc2ccc(C(=O)CCCNC(=O)c3ccc(O[C@@H](C)c4ccccc4)cc3)cc2)CC1. The van der Waals surface area contributed by atoms with E-state index in [0.29, 0.717) is 42.9 Å². The van der Waals surface area contributed by atoms with Gasteiger partial charge in [0.2, 0.25) is 0 Å². The number of esters is 1. The van der Waals surface area contributed by atoms with Gasteiger partial charge in [-0.15, -0.1) is 0 Å². The zero-order chi connectivity index (χ0) is 29.0. The van der Waals surface area contributed by atoms with Gasteiger partial charge in [-0.2, -0.15) is 0 Å². The Bertz CT molecular complexity index is 1260. The fourth-order valence-electron chi connectivity index (χ4n) is 4.97. The Morgan fingerprint density at radius 2 is 1.46 bits per heavy atom. The van der Waals surface area contributed by atoms with Gasteiger partial charge in [-0.25, -0.2) is 0 Å². The second-order valence-corrected chi connectivity index (χ2v) is 10.3. The number of ketones is 1. The first-order valence-corrected chi connectivity index (χ1v) is 14.5. The molecule has 1 N–H and O–H groups in total. The van der Waals surface area contributed by atoms with Gasteiger partial charge in [0.15, 0.2) is 5.78 Å². The van der Waals surface area contributed by atoms with Crippen molar-refractivity contribution in [2.45, 2.75) is 64.6 Å². The predicted molar refractivity (Wildman–Crippen MR) is 157 cm³/mol. The van der Waals surface area contributed by atoms with E-state index in [1.807, 2.05) is 56.3 Å². The molecule has 41 heavy (non-hydrogen) atoms. The van der Waals surface area contributed by atoms with Crippen LogP contribution in [-0.4, -0.2) is 36.9 Å². The Hall–Kier alpha value is -4.13. The summed E-state index contributed by atoms with van der Waals surface area (Å²) in [6.07, 6.45) is 4.00. The molecule has 0 bridgehead atoms. The van der Waals surface area contributed by atoms with Crippen molar-refractivity contribution in [3.05, 3.63) is 95.6 Å². The minimum atomic E-state index is -0.183. The van der Waals surface area contributed by atoms with Crippen molar-refractivity contribution in [2.75, 3.05) is 13.2 Å². The Balaban J connectivity index is 1.14. The number of carbonyl (C=O) groups is 3. The zero-order valence-electron chi connectivity index (χ0n) is 23.8. The van der Waals surface area contributed by atoms with Crippen molar-refractivity contribution in [3.8, 4) is 11.5 Å². The van der Waals surface area contributed by atoms with E-state index in [2.05, 4.69) is 5.32 Å². The van der Waals surface area contributed by atoms with Gasteiger partial charge in [-0.05, 0) is 100 Å². The minimum absolute atomic E-state index is 0.0229. The normalized spacial score (nSPS) is 17.2. The molecule has 7 nitrogen and oxygen atoms in total. The predicted octanol–water partition coefficient (Wildman–Crippen LogP) is 6.72. The van der Waals surface area contributed by atoms with Crippen LogP contribution >= 0.6 is 0 Å². The Morgan fingerprint density at radius 3 is 2.12 bits per heavy atom. The van der Waals surface area contributed by atoms with Crippen LogP contribution in [0.1, 0.15) is 84.8 Å². The van der Waals surface area contributed by atoms with Gasteiger partial charge in [-0.3, -0.25) is 14.4 Å². The molecule has 0 unspecified atom stereocenters. The van der Waals surface area contributed by atoms with Crippen molar-refractivity contribution in [3.63, 3.8) is 0 Å². The molecule has 1 aliphatic rings. The third kappa shape index (κ3) is 8.93. The lowest BCUT2D eigenvalue weighted by molar-refractivity contribution is -0.149. The second kappa shape index (κ2) is 15.0. The second-order valence-electron chi connectivity index (χ2n) is 10.3. The number of carbonyl (C=O) groups excluding carboxylic acids is 3. The minimum Gasteiger partial charge on any atom is -0.490 e. The van der Waals surface area contributed by atoms with Crippen LogP contribution in [0.3, 0.4) is 0 Å². The summed E-state index contributed by atoms with van der Waals surface area (Å²) >= 11 is 0. The highest BCUT2D eigenvalue weighted by Crippen LogP contribution is 2.29. The maximum absolute atomic E-state index is 12.6. The monoisotopic (exact) mass is 557 g/mol. The quantitative estimate of drug-likeness (QED) is 0.143. The van der Waals surface area contributed by atoms with Gasteiger partial charge in [0.05, 0.1) is 18.6 Å². The van der Waals surface area contributed by atoms with Gasteiger partial charge in [0, 0.05) is 24.1 Å². The maximum Gasteiger partial charge on any atom is 0.308 e. The molecule has 0 radical (unpaired) electrons. The molecule has 0 heterocycles. The third-order valence-electron chi connectivity index (χ3n) is 7.34. The van der Waals surface area contributed by atoms with Crippen LogP contribution in [0.5, 0.6) is 11.5 Å². The van der Waals surface area contributed by atoms with Gasteiger partial charge in [0.1, 0.15) is 17.6 Å². The first-order chi connectivity index (χ1) is 19.9. The van der Waals surface area contributed by atoms with Crippen LogP contribution in [0.15, 0.2) is 78.9 Å². The molecule has 7 heteroatoms. The third-order valence-corrected chi connectivity index (χ3v) is 7.34. The van der Waals surface area contributed by atoms with Crippen LogP contribution in [0.4, 0.5) is 0 Å². The standard InChI is InChI=1S/C34H39NO6/c1-3-39-34(38)28-15-21-31(22-16-28)41-30-17-11-26(12-18-30)32(36)10-7-23-35-33(37)27-13-19-29(20-14-27)40-24(2)25-8-5-4-6-9-25/h4-6,8-9,11-14,17-20,24,28,31H,3,7,10,15-16,21-23H2,1-2H3,(H,35,37)/t24-,28?,31?/m0/s1. The largest absolute Gasteiger partial charge is 0.490 e. The summed E-state index contributed by atoms with van der Waals surface area (Å²) in [6, 6.07) is 24.2. The van der Waals surface area contributed by atoms with Gasteiger partial charge in [0.25, 0.3) is 5.91 Å². The van der Waals surface area contributed by atoms with Gasteiger partial charge < -0.3 is 19.5 Å². The van der Waals surface area contributed by atoms with E-state index in [1.54, 1.807) is 36.4 Å². The maximum atomic E-state index is 12.6.